The maximum atomic E-state index is 11.8. The molecule has 0 unspecified atom stereocenters. The Bertz CT molecular complexity index is 965. The molecule has 21 heteroatoms. The van der Waals surface area contributed by atoms with Crippen molar-refractivity contribution in [1.29, 1.82) is 0 Å². The van der Waals surface area contributed by atoms with Gasteiger partial charge >= 0.3 is 0 Å². The van der Waals surface area contributed by atoms with Crippen LogP contribution in [0.1, 0.15) is 13.8 Å². The highest BCUT2D eigenvalue weighted by atomic mass is 16.8. The Morgan fingerprint density at radius 3 is 1.83 bits per heavy atom. The molecule has 0 radical (unpaired) electrons. The Hall–Kier alpha value is -1.29. The van der Waals surface area contributed by atoms with Gasteiger partial charge in [-0.2, -0.15) is 0 Å². The van der Waals surface area contributed by atoms with Crippen LogP contribution in [0.15, 0.2) is 0 Å². The number of ether oxygens (including phenoxy) is 6. The minimum Gasteiger partial charge on any atom is -0.394 e. The van der Waals surface area contributed by atoms with E-state index in [1.54, 1.807) is 0 Å². The van der Waals surface area contributed by atoms with Crippen molar-refractivity contribution in [1.82, 2.24) is 5.32 Å². The molecule has 21 nitrogen and oxygen atoms in total. The summed E-state index contributed by atoms with van der Waals surface area (Å²) in [5, 5.41) is 134. The normalized spacial score (nSPS) is 43.9. The van der Waals surface area contributed by atoms with Crippen molar-refractivity contribution in [2.24, 2.45) is 0 Å². The highest BCUT2D eigenvalue weighted by molar-refractivity contribution is 5.73. The zero-order valence-electron chi connectivity index (χ0n) is 25.5. The minimum atomic E-state index is -2.00. The van der Waals surface area contributed by atoms with Crippen LogP contribution < -0.4 is 5.32 Å². The van der Waals surface area contributed by atoms with Crippen LogP contribution in [-0.2, 0) is 33.2 Å². The monoisotopic (exact) mass is 693 g/mol. The Morgan fingerprint density at radius 2 is 1.26 bits per heavy atom. The fourth-order valence-electron chi connectivity index (χ4n) is 5.38. The Labute approximate surface area is 268 Å². The molecular formula is C26H47NO20. The third-order valence-electron chi connectivity index (χ3n) is 8.19. The van der Waals surface area contributed by atoms with Gasteiger partial charge in [-0.3, -0.25) is 4.79 Å². The lowest BCUT2D eigenvalue weighted by molar-refractivity contribution is -0.373. The van der Waals surface area contributed by atoms with Crippen LogP contribution in [-0.4, -0.2) is 215 Å². The number of rotatable bonds is 14. The number of carbonyl (C=O) groups is 1. The number of hydrogen-bond acceptors (Lipinski definition) is 20. The maximum Gasteiger partial charge on any atom is 0.217 e. The van der Waals surface area contributed by atoms with Crippen molar-refractivity contribution < 1.29 is 99.6 Å². The standard InChI is InChI=1S/C26H47NO20/c1-7-14(34)23(47-24-13(27-8(2)31)18(38)17(37)11(4-29)44-24)21(41)26(43-7)46-22-12(5-30)45-25(20(40)19(22)39)42-6-10(33)16(36)15(35)9(32)3-28/h7,9-26,28-30,32-41H,3-6H2,1-2H3,(H,27,31)/t7-,9-,10+,11+,12+,13+,14-,15+,16-,17-,18+,19+,20+,21+,22+,23+,24+,25+,26+/m0/s1. The van der Waals surface area contributed by atoms with Crippen LogP contribution in [0.4, 0.5) is 0 Å². The summed E-state index contributed by atoms with van der Waals surface area (Å²) in [4.78, 5) is 11.8. The van der Waals surface area contributed by atoms with Crippen LogP contribution in [0.3, 0.4) is 0 Å². The molecule has 3 aliphatic heterocycles. The van der Waals surface area contributed by atoms with Gasteiger partial charge < -0.3 is 100 Å². The number of carbonyl (C=O) groups excluding carboxylic acids is 1. The topological polar surface area (TPSA) is 347 Å². The lowest BCUT2D eigenvalue weighted by Gasteiger charge is -2.48. The summed E-state index contributed by atoms with van der Waals surface area (Å²) < 4.78 is 33.2. The third-order valence-corrected chi connectivity index (χ3v) is 8.19. The van der Waals surface area contributed by atoms with E-state index in [4.69, 9.17) is 33.5 Å². The summed E-state index contributed by atoms with van der Waals surface area (Å²) in [5.74, 6) is -0.658. The first-order valence-corrected chi connectivity index (χ1v) is 14.9. The molecule has 0 saturated carbocycles. The summed E-state index contributed by atoms with van der Waals surface area (Å²) in [5.41, 5.74) is 0. The van der Waals surface area contributed by atoms with Crippen LogP contribution in [0.5, 0.6) is 0 Å². The second kappa shape index (κ2) is 17.6. The number of nitrogens with one attached hydrogen (secondary N) is 1. The molecule has 1 amide bonds. The van der Waals surface area contributed by atoms with Crippen molar-refractivity contribution in [2.75, 3.05) is 26.4 Å². The first-order valence-electron chi connectivity index (χ1n) is 14.9. The zero-order valence-corrected chi connectivity index (χ0v) is 25.5. The zero-order chi connectivity index (χ0) is 35.3. The van der Waals surface area contributed by atoms with E-state index < -0.39 is 149 Å². The molecule has 0 aromatic rings. The molecule has 3 aliphatic rings. The molecule has 0 aromatic heterocycles. The van der Waals surface area contributed by atoms with E-state index in [2.05, 4.69) is 5.32 Å². The minimum absolute atomic E-state index is 0.658. The molecular weight excluding hydrogens is 646 g/mol. The summed E-state index contributed by atoms with van der Waals surface area (Å²) in [6.45, 7) is -0.904. The third kappa shape index (κ3) is 9.29. The second-order valence-electron chi connectivity index (χ2n) is 11.7. The van der Waals surface area contributed by atoms with Gasteiger partial charge in [0, 0.05) is 6.92 Å². The molecule has 276 valence electrons. The fraction of sp³-hybridized carbons (Fsp3) is 0.962. The number of aliphatic hydroxyl groups excluding tert-OH is 13. The van der Waals surface area contributed by atoms with E-state index in [0.29, 0.717) is 0 Å². The smallest absolute Gasteiger partial charge is 0.217 e. The van der Waals surface area contributed by atoms with Gasteiger partial charge in [0.2, 0.25) is 5.91 Å². The van der Waals surface area contributed by atoms with E-state index in [0.717, 1.165) is 6.92 Å². The second-order valence-corrected chi connectivity index (χ2v) is 11.7. The fourth-order valence-corrected chi connectivity index (χ4v) is 5.38. The van der Waals surface area contributed by atoms with Gasteiger partial charge in [-0.05, 0) is 6.92 Å². The molecule has 3 heterocycles. The highest BCUT2D eigenvalue weighted by Crippen LogP contribution is 2.32. The number of amides is 1. The summed E-state index contributed by atoms with van der Waals surface area (Å²) in [7, 11) is 0. The molecule has 3 saturated heterocycles. The van der Waals surface area contributed by atoms with Gasteiger partial charge in [0.25, 0.3) is 0 Å². The van der Waals surface area contributed by atoms with Gasteiger partial charge in [0.15, 0.2) is 18.9 Å². The largest absolute Gasteiger partial charge is 0.394 e. The van der Waals surface area contributed by atoms with Gasteiger partial charge in [-0.25, -0.2) is 0 Å². The number of hydrogen-bond donors (Lipinski definition) is 14. The van der Waals surface area contributed by atoms with Crippen LogP contribution >= 0.6 is 0 Å². The Morgan fingerprint density at radius 1 is 0.681 bits per heavy atom. The summed E-state index contributed by atoms with van der Waals surface area (Å²) in [6.07, 6.45) is -30.7. The molecule has 0 aliphatic carbocycles. The maximum absolute atomic E-state index is 11.8. The molecule has 0 aromatic carbocycles. The van der Waals surface area contributed by atoms with Gasteiger partial charge in [0.05, 0.1) is 32.5 Å². The first kappa shape index (κ1) is 40.1. The lowest BCUT2D eigenvalue weighted by Crippen LogP contribution is -2.68. The van der Waals surface area contributed by atoms with Crippen molar-refractivity contribution in [3.63, 3.8) is 0 Å². The van der Waals surface area contributed by atoms with E-state index >= 15 is 0 Å². The highest BCUT2D eigenvalue weighted by Gasteiger charge is 2.53. The van der Waals surface area contributed by atoms with E-state index in [1.807, 2.05) is 0 Å². The Kier molecular flexibility index (Phi) is 15.0. The van der Waals surface area contributed by atoms with Crippen molar-refractivity contribution >= 4 is 5.91 Å². The predicted octanol–water partition coefficient (Wildman–Crippen LogP) is -8.94. The quantitative estimate of drug-likeness (QED) is 0.0803. The first-order chi connectivity index (χ1) is 22.1. The molecule has 0 spiro atoms. The van der Waals surface area contributed by atoms with Gasteiger partial charge in [-0.15, -0.1) is 0 Å². The van der Waals surface area contributed by atoms with Crippen molar-refractivity contribution in [2.45, 2.75) is 130 Å². The van der Waals surface area contributed by atoms with Crippen LogP contribution in [0.2, 0.25) is 0 Å². The lowest BCUT2D eigenvalue weighted by atomic mass is 9.95. The molecule has 19 atom stereocenters. The number of aliphatic hydroxyl groups is 13. The van der Waals surface area contributed by atoms with E-state index in [9.17, 15) is 66.1 Å². The molecule has 3 rings (SSSR count). The SMILES string of the molecule is CC(=O)N[C@H]1[C@@H](O[C@@H]2[C@@H](O)[C@H](C)O[C@H](O[C@H]3[C@H](O)[C@@H](O)[C@H](OC[C@@H](O)[C@H](O)[C@H](O)[C@@H](O)CO)O[C@@H]3CO)[C@@H]2O)O[C@H](CO)[C@H](O)[C@@H]1O. The van der Waals surface area contributed by atoms with Crippen molar-refractivity contribution in [3.8, 4) is 0 Å². The van der Waals surface area contributed by atoms with Gasteiger partial charge in [-0.1, -0.05) is 0 Å². The average Bonchev–Trinajstić information content (AvgIpc) is 3.04. The van der Waals surface area contributed by atoms with Crippen molar-refractivity contribution in [3.05, 3.63) is 0 Å². The summed E-state index contributed by atoms with van der Waals surface area (Å²) >= 11 is 0. The molecule has 47 heavy (non-hydrogen) atoms. The molecule has 3 fully saturated rings. The van der Waals surface area contributed by atoms with Gasteiger partial charge in [0.1, 0.15) is 91.5 Å². The molecule has 14 N–H and O–H groups in total. The van der Waals surface area contributed by atoms with Crippen LogP contribution in [0.25, 0.3) is 0 Å². The van der Waals surface area contributed by atoms with Crippen LogP contribution in [0, 0.1) is 0 Å². The molecule has 0 bridgehead atoms. The van der Waals surface area contributed by atoms with E-state index in [1.165, 1.54) is 6.92 Å². The predicted molar refractivity (Wildman–Crippen MR) is 146 cm³/mol. The average molecular weight is 694 g/mol. The van der Waals surface area contributed by atoms with E-state index in [-0.39, 0.29) is 0 Å². The Balaban J connectivity index is 1.71. The summed E-state index contributed by atoms with van der Waals surface area (Å²) in [6, 6.07) is -1.43.